The van der Waals surface area contributed by atoms with Gasteiger partial charge < -0.3 is 10.6 Å². The second kappa shape index (κ2) is 7.99. The van der Waals surface area contributed by atoms with E-state index >= 15 is 0 Å². The summed E-state index contributed by atoms with van der Waals surface area (Å²) in [6.07, 6.45) is 7.36. The van der Waals surface area contributed by atoms with E-state index in [4.69, 9.17) is 0 Å². The first-order valence-electron chi connectivity index (χ1n) is 8.45. The Bertz CT molecular complexity index is 296. The zero-order valence-electron chi connectivity index (χ0n) is 13.2. The highest BCUT2D eigenvalue weighted by atomic mass is 16.2. The zero-order valence-corrected chi connectivity index (χ0v) is 13.2. The third-order valence-electron chi connectivity index (χ3n) is 4.99. The number of hydrogen-bond donors (Lipinski definition) is 2. The molecule has 116 valence electrons. The number of nitrogens with zero attached hydrogens (tertiary/aromatic N) is 1. The number of amides is 1. The summed E-state index contributed by atoms with van der Waals surface area (Å²) >= 11 is 0. The van der Waals surface area contributed by atoms with E-state index in [0.29, 0.717) is 6.04 Å². The molecule has 1 aliphatic heterocycles. The molecule has 0 aromatic rings. The van der Waals surface area contributed by atoms with Crippen LogP contribution in [-0.2, 0) is 4.79 Å². The van der Waals surface area contributed by atoms with E-state index in [1.54, 1.807) is 0 Å². The lowest BCUT2D eigenvalue weighted by Gasteiger charge is -2.33. The molecule has 1 atom stereocenters. The summed E-state index contributed by atoms with van der Waals surface area (Å²) in [6.45, 7) is 8.52. The largest absolute Gasteiger partial charge is 0.352 e. The molecule has 4 nitrogen and oxygen atoms in total. The Kier molecular flexibility index (Phi) is 6.30. The van der Waals surface area contributed by atoms with E-state index in [0.717, 1.165) is 32.1 Å². The highest BCUT2D eigenvalue weighted by Crippen LogP contribution is 2.19. The fourth-order valence-electron chi connectivity index (χ4n) is 3.51. The van der Waals surface area contributed by atoms with Gasteiger partial charge in [0, 0.05) is 12.6 Å². The molecule has 0 bridgehead atoms. The topological polar surface area (TPSA) is 44.4 Å². The lowest BCUT2D eigenvalue weighted by molar-refractivity contribution is -0.126. The number of nitrogens with one attached hydrogen (secondary N) is 2. The molecule has 1 saturated carbocycles. The second-order valence-corrected chi connectivity index (χ2v) is 6.45. The first kappa shape index (κ1) is 15.8. The summed E-state index contributed by atoms with van der Waals surface area (Å²) in [7, 11) is 0. The Labute approximate surface area is 123 Å². The second-order valence-electron chi connectivity index (χ2n) is 6.45. The number of hydrogen-bond acceptors (Lipinski definition) is 3. The lowest BCUT2D eigenvalue weighted by atomic mass is 9.97. The number of rotatable bonds is 6. The molecule has 20 heavy (non-hydrogen) atoms. The van der Waals surface area contributed by atoms with Crippen molar-refractivity contribution in [3.05, 3.63) is 0 Å². The van der Waals surface area contributed by atoms with E-state index < -0.39 is 0 Å². The van der Waals surface area contributed by atoms with Crippen LogP contribution < -0.4 is 10.6 Å². The van der Waals surface area contributed by atoms with Crippen LogP contribution >= 0.6 is 0 Å². The van der Waals surface area contributed by atoms with Crippen LogP contribution in [0.2, 0.25) is 0 Å². The summed E-state index contributed by atoms with van der Waals surface area (Å²) in [5.41, 5.74) is 0. The van der Waals surface area contributed by atoms with E-state index in [2.05, 4.69) is 29.4 Å². The molecule has 2 aliphatic rings. The normalized spacial score (nSPS) is 23.1. The van der Waals surface area contributed by atoms with Crippen LogP contribution in [0.25, 0.3) is 0 Å². The molecule has 0 radical (unpaired) electrons. The molecule has 1 amide bonds. The predicted molar refractivity (Wildman–Crippen MR) is 82.7 cm³/mol. The maximum atomic E-state index is 12.4. The van der Waals surface area contributed by atoms with Crippen molar-refractivity contribution < 1.29 is 4.79 Å². The molecule has 0 aromatic carbocycles. The Morgan fingerprint density at radius 1 is 1.25 bits per heavy atom. The van der Waals surface area contributed by atoms with Gasteiger partial charge >= 0.3 is 0 Å². The summed E-state index contributed by atoms with van der Waals surface area (Å²) in [5.74, 6) is 0.977. The van der Waals surface area contributed by atoms with Gasteiger partial charge in [0.2, 0.25) is 5.91 Å². The van der Waals surface area contributed by atoms with Gasteiger partial charge in [0.25, 0.3) is 0 Å². The molecule has 1 unspecified atom stereocenters. The van der Waals surface area contributed by atoms with Crippen molar-refractivity contribution in [2.45, 2.75) is 64.5 Å². The maximum absolute atomic E-state index is 12.4. The van der Waals surface area contributed by atoms with Gasteiger partial charge in [-0.2, -0.15) is 0 Å². The van der Waals surface area contributed by atoms with Crippen LogP contribution in [0.3, 0.4) is 0 Å². The monoisotopic (exact) mass is 281 g/mol. The van der Waals surface area contributed by atoms with Crippen molar-refractivity contribution >= 4 is 5.91 Å². The summed E-state index contributed by atoms with van der Waals surface area (Å²) in [4.78, 5) is 14.7. The average molecular weight is 281 g/mol. The molecule has 2 N–H and O–H groups in total. The molecular weight excluding hydrogens is 250 g/mol. The van der Waals surface area contributed by atoms with Crippen LogP contribution in [0.4, 0.5) is 0 Å². The van der Waals surface area contributed by atoms with Crippen molar-refractivity contribution in [1.29, 1.82) is 0 Å². The zero-order chi connectivity index (χ0) is 14.4. The first-order valence-corrected chi connectivity index (χ1v) is 8.45. The fourth-order valence-corrected chi connectivity index (χ4v) is 3.51. The first-order chi connectivity index (χ1) is 9.70. The SMILES string of the molecule is CCN(CC1CCNCC1)C(C)C(=O)NC1CCCC1. The van der Waals surface area contributed by atoms with E-state index in [1.165, 1.54) is 38.5 Å². The third-order valence-corrected chi connectivity index (χ3v) is 4.99. The van der Waals surface area contributed by atoms with Crippen LogP contribution in [0.1, 0.15) is 52.4 Å². The van der Waals surface area contributed by atoms with Crippen LogP contribution in [-0.4, -0.2) is 49.1 Å². The molecule has 2 rings (SSSR count). The van der Waals surface area contributed by atoms with Crippen molar-refractivity contribution in [3.63, 3.8) is 0 Å². The van der Waals surface area contributed by atoms with Crippen LogP contribution in [0.5, 0.6) is 0 Å². The lowest BCUT2D eigenvalue weighted by Crippen LogP contribution is -2.49. The molecule has 1 saturated heterocycles. The van der Waals surface area contributed by atoms with Gasteiger partial charge in [0.1, 0.15) is 0 Å². The summed E-state index contributed by atoms with van der Waals surface area (Å²) in [6, 6.07) is 0.443. The number of piperidine rings is 1. The summed E-state index contributed by atoms with van der Waals surface area (Å²) < 4.78 is 0. The van der Waals surface area contributed by atoms with Gasteiger partial charge in [-0.1, -0.05) is 19.8 Å². The fraction of sp³-hybridized carbons (Fsp3) is 0.938. The Balaban J connectivity index is 1.80. The van der Waals surface area contributed by atoms with Gasteiger partial charge in [0.05, 0.1) is 6.04 Å². The van der Waals surface area contributed by atoms with Crippen molar-refractivity contribution in [3.8, 4) is 0 Å². The number of carbonyl (C=O) groups excluding carboxylic acids is 1. The van der Waals surface area contributed by atoms with E-state index in [-0.39, 0.29) is 11.9 Å². The molecule has 4 heteroatoms. The highest BCUT2D eigenvalue weighted by molar-refractivity contribution is 5.81. The minimum Gasteiger partial charge on any atom is -0.352 e. The number of likely N-dealkylation sites (N-methyl/N-ethyl adjacent to an activating group) is 1. The third kappa shape index (κ3) is 4.45. The molecular formula is C16H31N3O. The highest BCUT2D eigenvalue weighted by Gasteiger charge is 2.26. The van der Waals surface area contributed by atoms with Crippen molar-refractivity contribution in [2.75, 3.05) is 26.2 Å². The Hall–Kier alpha value is -0.610. The molecule has 1 aliphatic carbocycles. The van der Waals surface area contributed by atoms with E-state index in [9.17, 15) is 4.79 Å². The van der Waals surface area contributed by atoms with Crippen molar-refractivity contribution in [2.24, 2.45) is 5.92 Å². The quantitative estimate of drug-likeness (QED) is 0.780. The molecule has 0 spiro atoms. The number of carbonyl (C=O) groups is 1. The smallest absolute Gasteiger partial charge is 0.237 e. The Morgan fingerprint density at radius 3 is 2.50 bits per heavy atom. The van der Waals surface area contributed by atoms with Crippen LogP contribution in [0.15, 0.2) is 0 Å². The summed E-state index contributed by atoms with van der Waals surface area (Å²) in [5, 5.41) is 6.65. The van der Waals surface area contributed by atoms with E-state index in [1.807, 2.05) is 0 Å². The molecule has 2 fully saturated rings. The van der Waals surface area contributed by atoms with Crippen molar-refractivity contribution in [1.82, 2.24) is 15.5 Å². The van der Waals surface area contributed by atoms with Gasteiger partial charge in [-0.05, 0) is 58.2 Å². The average Bonchev–Trinajstić information content (AvgIpc) is 2.98. The van der Waals surface area contributed by atoms with Gasteiger partial charge in [-0.3, -0.25) is 9.69 Å². The molecule has 1 heterocycles. The minimum absolute atomic E-state index is 0.00971. The standard InChI is InChI=1S/C16H31N3O/c1-3-19(12-14-8-10-17-11-9-14)13(2)16(20)18-15-6-4-5-7-15/h13-15,17H,3-12H2,1-2H3,(H,18,20). The molecule has 0 aromatic heterocycles. The van der Waals surface area contributed by atoms with Crippen LogP contribution in [0, 0.1) is 5.92 Å². The van der Waals surface area contributed by atoms with Gasteiger partial charge in [-0.25, -0.2) is 0 Å². The maximum Gasteiger partial charge on any atom is 0.237 e. The minimum atomic E-state index is 0.00971. The predicted octanol–water partition coefficient (Wildman–Crippen LogP) is 1.76. The Morgan fingerprint density at radius 2 is 1.90 bits per heavy atom. The van der Waals surface area contributed by atoms with Gasteiger partial charge in [-0.15, -0.1) is 0 Å². The van der Waals surface area contributed by atoms with Gasteiger partial charge in [0.15, 0.2) is 0 Å².